The first-order valence-electron chi connectivity index (χ1n) is 9.20. The summed E-state index contributed by atoms with van der Waals surface area (Å²) in [7, 11) is 0. The van der Waals surface area contributed by atoms with Crippen molar-refractivity contribution in [3.63, 3.8) is 0 Å². The molecule has 1 aliphatic rings. The van der Waals surface area contributed by atoms with Crippen LogP contribution < -0.4 is 0 Å². The third-order valence-electron chi connectivity index (χ3n) is 4.96. The number of nitrogens with zero attached hydrogens (tertiary/aromatic N) is 6. The van der Waals surface area contributed by atoms with E-state index in [1.807, 2.05) is 0 Å². The molecule has 1 aliphatic heterocycles. The molecule has 29 heavy (non-hydrogen) atoms. The highest BCUT2D eigenvalue weighted by atomic mass is 35.5. The minimum atomic E-state index is -1.41. The molecular weight excluding hydrogens is 395 g/mol. The van der Waals surface area contributed by atoms with Gasteiger partial charge in [-0.2, -0.15) is 0 Å². The predicted molar refractivity (Wildman–Crippen MR) is 105 cm³/mol. The molecule has 1 amide bonds. The van der Waals surface area contributed by atoms with Crippen molar-refractivity contribution in [2.24, 2.45) is 0 Å². The van der Waals surface area contributed by atoms with E-state index in [9.17, 15) is 4.79 Å². The van der Waals surface area contributed by atoms with Crippen molar-refractivity contribution in [3.05, 3.63) is 65.7 Å². The van der Waals surface area contributed by atoms with Gasteiger partial charge < -0.3 is 4.90 Å². The molecule has 0 spiro atoms. The summed E-state index contributed by atoms with van der Waals surface area (Å²) in [4.78, 5) is 35.3. The Labute approximate surface area is 172 Å². The number of likely N-dealkylation sites (tertiary alicyclic amines) is 1. The third kappa shape index (κ3) is 4.37. The molecule has 0 aliphatic carbocycles. The summed E-state index contributed by atoms with van der Waals surface area (Å²) in [5, 5.41) is 0.519. The van der Waals surface area contributed by atoms with Crippen LogP contribution in [-0.2, 0) is 6.42 Å². The van der Waals surface area contributed by atoms with Crippen LogP contribution in [0.25, 0.3) is 11.4 Å². The van der Waals surface area contributed by atoms with Crippen molar-refractivity contribution in [3.8, 4) is 11.4 Å². The minimum absolute atomic E-state index is 0.198. The van der Waals surface area contributed by atoms with Crippen LogP contribution in [0.15, 0.2) is 49.3 Å². The van der Waals surface area contributed by atoms with Gasteiger partial charge in [-0.1, -0.05) is 11.6 Å². The Bertz CT molecular complexity index is 993. The van der Waals surface area contributed by atoms with Gasteiger partial charge in [-0.15, -0.1) is 0 Å². The Balaban J connectivity index is 1.47. The molecule has 0 N–H and O–H groups in total. The number of hydrogen-bond donors (Lipinski definition) is 0. The van der Waals surface area contributed by atoms with Crippen LogP contribution in [0.1, 0.15) is 29.0 Å². The number of piperidine rings is 1. The van der Waals surface area contributed by atoms with Gasteiger partial charge in [0.15, 0.2) is 5.69 Å². The number of rotatable bonds is 4. The van der Waals surface area contributed by atoms with E-state index in [-0.39, 0.29) is 30.9 Å². The molecule has 0 bridgehead atoms. The smallest absolute Gasteiger partial charge is 0.274 e. The van der Waals surface area contributed by atoms with E-state index < -0.39 is 5.67 Å². The fraction of sp³-hybridized carbons (Fsp3) is 0.300. The summed E-state index contributed by atoms with van der Waals surface area (Å²) in [6.07, 6.45) is 8.11. The van der Waals surface area contributed by atoms with Gasteiger partial charge in [0.2, 0.25) is 0 Å². The van der Waals surface area contributed by atoms with Crippen molar-refractivity contribution >= 4 is 17.5 Å². The lowest BCUT2D eigenvalue weighted by Gasteiger charge is -2.36. The Hall–Kier alpha value is -3.00. The Morgan fingerprint density at radius 2 is 1.86 bits per heavy atom. The SMILES string of the molecule is O=C(c1nccnc1-c1ccncn1)N1CCC(F)(Cc2ccc(Cl)cn2)CC1. The lowest BCUT2D eigenvalue weighted by atomic mass is 9.88. The van der Waals surface area contributed by atoms with Gasteiger partial charge in [-0.25, -0.2) is 19.3 Å². The van der Waals surface area contributed by atoms with E-state index in [0.29, 0.717) is 35.2 Å². The lowest BCUT2D eigenvalue weighted by molar-refractivity contribution is 0.0429. The molecule has 3 aromatic rings. The summed E-state index contributed by atoms with van der Waals surface area (Å²) in [6.45, 7) is 0.589. The Morgan fingerprint density at radius 3 is 2.55 bits per heavy atom. The standard InChI is InChI=1S/C20H18ClFN6O/c21-14-1-2-15(26-12-14)11-20(22)4-9-28(10-5-20)19(29)18-17(24-7-8-25-18)16-3-6-23-13-27-16/h1-3,6-8,12-13H,4-5,9-11H2. The van der Waals surface area contributed by atoms with Crippen molar-refractivity contribution in [2.45, 2.75) is 24.9 Å². The zero-order chi connectivity index (χ0) is 20.3. The molecule has 0 saturated carbocycles. The molecule has 0 unspecified atom stereocenters. The molecule has 148 valence electrons. The van der Waals surface area contributed by atoms with Crippen LogP contribution in [0, 0.1) is 0 Å². The third-order valence-corrected chi connectivity index (χ3v) is 5.18. The average molecular weight is 413 g/mol. The minimum Gasteiger partial charge on any atom is -0.337 e. The van der Waals surface area contributed by atoms with Crippen LogP contribution in [0.4, 0.5) is 4.39 Å². The largest absolute Gasteiger partial charge is 0.337 e. The first-order chi connectivity index (χ1) is 14.0. The summed E-state index contributed by atoms with van der Waals surface area (Å²) in [5.74, 6) is -0.279. The van der Waals surface area contributed by atoms with Crippen molar-refractivity contribution in [1.82, 2.24) is 29.8 Å². The van der Waals surface area contributed by atoms with E-state index in [0.717, 1.165) is 0 Å². The highest BCUT2D eigenvalue weighted by molar-refractivity contribution is 6.30. The fourth-order valence-corrected chi connectivity index (χ4v) is 3.50. The second-order valence-electron chi connectivity index (χ2n) is 6.94. The number of pyridine rings is 1. The molecule has 3 aromatic heterocycles. The van der Waals surface area contributed by atoms with Crippen molar-refractivity contribution in [2.75, 3.05) is 13.1 Å². The second kappa shape index (κ2) is 8.16. The molecule has 1 fully saturated rings. The topological polar surface area (TPSA) is 84.8 Å². The number of halogens is 2. The van der Waals surface area contributed by atoms with Crippen LogP contribution in [0.3, 0.4) is 0 Å². The van der Waals surface area contributed by atoms with E-state index >= 15 is 4.39 Å². The van der Waals surface area contributed by atoms with Gasteiger partial charge in [0.25, 0.3) is 5.91 Å². The number of carbonyl (C=O) groups excluding carboxylic acids is 1. The van der Waals surface area contributed by atoms with Gasteiger partial charge in [-0.3, -0.25) is 14.8 Å². The van der Waals surface area contributed by atoms with Crippen LogP contribution >= 0.6 is 11.6 Å². The first kappa shape index (κ1) is 19.3. The highest BCUT2D eigenvalue weighted by Crippen LogP contribution is 2.31. The summed E-state index contributed by atoms with van der Waals surface area (Å²) in [6, 6.07) is 5.10. The maximum Gasteiger partial charge on any atom is 0.274 e. The normalized spacial score (nSPS) is 15.9. The van der Waals surface area contributed by atoms with E-state index in [4.69, 9.17) is 11.6 Å². The Morgan fingerprint density at radius 1 is 1.07 bits per heavy atom. The average Bonchev–Trinajstić information content (AvgIpc) is 2.76. The number of carbonyl (C=O) groups is 1. The Kier molecular flexibility index (Phi) is 5.44. The number of hydrogen-bond acceptors (Lipinski definition) is 6. The maximum atomic E-state index is 15.3. The lowest BCUT2D eigenvalue weighted by Crippen LogP contribution is -2.46. The molecule has 0 aromatic carbocycles. The van der Waals surface area contributed by atoms with E-state index in [2.05, 4.69) is 24.9 Å². The van der Waals surface area contributed by atoms with E-state index in [1.165, 1.54) is 24.9 Å². The van der Waals surface area contributed by atoms with Crippen LogP contribution in [-0.4, -0.2) is 54.5 Å². The fourth-order valence-electron chi connectivity index (χ4n) is 3.39. The van der Waals surface area contributed by atoms with Crippen LogP contribution in [0.5, 0.6) is 0 Å². The molecule has 0 radical (unpaired) electrons. The van der Waals surface area contributed by atoms with Gasteiger partial charge in [0, 0.05) is 50.0 Å². The number of amides is 1. The number of alkyl halides is 1. The first-order valence-corrected chi connectivity index (χ1v) is 9.58. The van der Waals surface area contributed by atoms with Crippen molar-refractivity contribution in [1.29, 1.82) is 0 Å². The second-order valence-corrected chi connectivity index (χ2v) is 7.37. The highest BCUT2D eigenvalue weighted by Gasteiger charge is 2.37. The molecule has 7 nitrogen and oxygen atoms in total. The number of aromatic nitrogens is 5. The van der Waals surface area contributed by atoms with Gasteiger partial charge in [0.05, 0.1) is 10.7 Å². The van der Waals surface area contributed by atoms with Gasteiger partial charge in [0.1, 0.15) is 17.7 Å². The molecule has 4 rings (SSSR count). The van der Waals surface area contributed by atoms with E-state index in [1.54, 1.807) is 29.3 Å². The molecule has 4 heterocycles. The zero-order valence-electron chi connectivity index (χ0n) is 15.5. The summed E-state index contributed by atoms with van der Waals surface area (Å²) in [5.41, 5.74) is 0.355. The molecule has 9 heteroatoms. The predicted octanol–water partition coefficient (Wildman–Crippen LogP) is 3.17. The zero-order valence-corrected chi connectivity index (χ0v) is 16.3. The monoisotopic (exact) mass is 412 g/mol. The molecule has 0 atom stereocenters. The summed E-state index contributed by atoms with van der Waals surface area (Å²) < 4.78 is 15.3. The van der Waals surface area contributed by atoms with Crippen molar-refractivity contribution < 1.29 is 9.18 Å². The van der Waals surface area contributed by atoms with Gasteiger partial charge in [-0.05, 0) is 31.0 Å². The maximum absolute atomic E-state index is 15.3. The van der Waals surface area contributed by atoms with Gasteiger partial charge >= 0.3 is 0 Å². The summed E-state index contributed by atoms with van der Waals surface area (Å²) >= 11 is 5.84. The molecule has 1 saturated heterocycles. The molecular formula is C20H18ClFN6O. The van der Waals surface area contributed by atoms with Crippen LogP contribution in [0.2, 0.25) is 5.02 Å². The quantitative estimate of drug-likeness (QED) is 0.654.